The Morgan fingerprint density at radius 3 is 2.61 bits per heavy atom. The van der Waals surface area contributed by atoms with Crippen LogP contribution in [0.5, 0.6) is 5.75 Å². The van der Waals surface area contributed by atoms with Crippen LogP contribution in [0.25, 0.3) is 0 Å². The SMILES string of the molecule is COc1ccc(CCNC(=O)C2CC(=O)N(c3cccc(C(C)=O)c3)C2)cc1. The predicted molar refractivity (Wildman–Crippen MR) is 107 cm³/mol. The Bertz CT molecular complexity index is 876. The zero-order valence-corrected chi connectivity index (χ0v) is 16.1. The van der Waals surface area contributed by atoms with Crippen molar-refractivity contribution in [3.63, 3.8) is 0 Å². The van der Waals surface area contributed by atoms with Gasteiger partial charge in [-0.15, -0.1) is 0 Å². The van der Waals surface area contributed by atoms with Gasteiger partial charge in [-0.05, 0) is 43.2 Å². The Labute approximate surface area is 164 Å². The third kappa shape index (κ3) is 4.57. The monoisotopic (exact) mass is 380 g/mol. The molecule has 28 heavy (non-hydrogen) atoms. The highest BCUT2D eigenvalue weighted by molar-refractivity contribution is 6.02. The quantitative estimate of drug-likeness (QED) is 0.749. The van der Waals surface area contributed by atoms with Gasteiger partial charge in [-0.3, -0.25) is 14.4 Å². The number of nitrogens with zero attached hydrogens (tertiary/aromatic N) is 1. The molecular weight excluding hydrogens is 356 g/mol. The molecular formula is C22H24N2O4. The van der Waals surface area contributed by atoms with E-state index in [1.54, 1.807) is 36.3 Å². The first kappa shape index (κ1) is 19.6. The van der Waals surface area contributed by atoms with Gasteiger partial charge in [-0.1, -0.05) is 24.3 Å². The molecule has 0 bridgehead atoms. The van der Waals surface area contributed by atoms with Gasteiger partial charge in [-0.2, -0.15) is 0 Å². The van der Waals surface area contributed by atoms with Crippen molar-refractivity contribution in [3.05, 3.63) is 59.7 Å². The summed E-state index contributed by atoms with van der Waals surface area (Å²) in [5.41, 5.74) is 2.31. The van der Waals surface area contributed by atoms with Crippen LogP contribution in [0.2, 0.25) is 0 Å². The Balaban J connectivity index is 1.54. The number of ether oxygens (including phenoxy) is 1. The van der Waals surface area contributed by atoms with Crippen LogP contribution in [-0.2, 0) is 16.0 Å². The van der Waals surface area contributed by atoms with Crippen molar-refractivity contribution in [2.24, 2.45) is 5.92 Å². The molecule has 1 aliphatic rings. The van der Waals surface area contributed by atoms with Gasteiger partial charge in [0.15, 0.2) is 5.78 Å². The Hall–Kier alpha value is -3.15. The molecule has 0 spiro atoms. The van der Waals surface area contributed by atoms with Crippen molar-refractivity contribution in [1.29, 1.82) is 0 Å². The number of ketones is 1. The predicted octanol–water partition coefficient (Wildman–Crippen LogP) is 2.61. The minimum atomic E-state index is -0.385. The first-order chi connectivity index (χ1) is 13.5. The van der Waals surface area contributed by atoms with E-state index in [-0.39, 0.29) is 29.9 Å². The number of benzene rings is 2. The van der Waals surface area contributed by atoms with Crippen molar-refractivity contribution in [2.75, 3.05) is 25.1 Å². The number of anilines is 1. The van der Waals surface area contributed by atoms with Crippen LogP contribution in [0.15, 0.2) is 48.5 Å². The molecule has 0 saturated carbocycles. The number of amides is 2. The summed E-state index contributed by atoms with van der Waals surface area (Å²) in [7, 11) is 1.62. The molecule has 2 aromatic rings. The molecule has 1 unspecified atom stereocenters. The number of hydrogen-bond donors (Lipinski definition) is 1. The molecule has 1 aliphatic heterocycles. The number of methoxy groups -OCH3 is 1. The molecule has 0 radical (unpaired) electrons. The molecule has 1 N–H and O–H groups in total. The highest BCUT2D eigenvalue weighted by atomic mass is 16.5. The maximum Gasteiger partial charge on any atom is 0.227 e. The van der Waals surface area contributed by atoms with Crippen molar-refractivity contribution in [1.82, 2.24) is 5.32 Å². The van der Waals surface area contributed by atoms with Gasteiger partial charge in [0.05, 0.1) is 13.0 Å². The minimum absolute atomic E-state index is 0.0543. The van der Waals surface area contributed by atoms with Gasteiger partial charge in [-0.25, -0.2) is 0 Å². The first-order valence-corrected chi connectivity index (χ1v) is 9.30. The van der Waals surface area contributed by atoms with Gasteiger partial charge in [0.2, 0.25) is 11.8 Å². The van der Waals surface area contributed by atoms with E-state index < -0.39 is 0 Å². The first-order valence-electron chi connectivity index (χ1n) is 9.30. The summed E-state index contributed by atoms with van der Waals surface area (Å²) in [5, 5.41) is 2.92. The van der Waals surface area contributed by atoms with E-state index in [1.165, 1.54) is 6.92 Å². The fraction of sp³-hybridized carbons (Fsp3) is 0.318. The molecule has 1 saturated heterocycles. The lowest BCUT2D eigenvalue weighted by atomic mass is 10.1. The number of carbonyl (C=O) groups excluding carboxylic acids is 3. The average Bonchev–Trinajstić information content (AvgIpc) is 3.10. The zero-order chi connectivity index (χ0) is 20.1. The lowest BCUT2D eigenvalue weighted by Crippen LogP contribution is -2.34. The zero-order valence-electron chi connectivity index (χ0n) is 16.1. The van der Waals surface area contributed by atoms with Gasteiger partial charge in [0.1, 0.15) is 5.75 Å². The molecule has 0 aliphatic carbocycles. The smallest absolute Gasteiger partial charge is 0.227 e. The van der Waals surface area contributed by atoms with Crippen molar-refractivity contribution in [3.8, 4) is 5.75 Å². The lowest BCUT2D eigenvalue weighted by molar-refractivity contribution is -0.126. The van der Waals surface area contributed by atoms with E-state index in [9.17, 15) is 14.4 Å². The number of Topliss-reactive ketones (excluding diaryl/α,β-unsaturated/α-hetero) is 1. The second-order valence-corrected chi connectivity index (χ2v) is 6.90. The Kier molecular flexibility index (Phi) is 6.09. The maximum absolute atomic E-state index is 12.5. The molecule has 6 heteroatoms. The van der Waals surface area contributed by atoms with Crippen LogP contribution in [0.3, 0.4) is 0 Å². The van der Waals surface area contributed by atoms with Crippen LogP contribution in [0, 0.1) is 5.92 Å². The van der Waals surface area contributed by atoms with Crippen LogP contribution in [0.1, 0.15) is 29.3 Å². The fourth-order valence-electron chi connectivity index (χ4n) is 3.29. The Morgan fingerprint density at radius 1 is 1.18 bits per heavy atom. The second-order valence-electron chi connectivity index (χ2n) is 6.90. The van der Waals surface area contributed by atoms with Gasteiger partial charge >= 0.3 is 0 Å². The lowest BCUT2D eigenvalue weighted by Gasteiger charge is -2.17. The summed E-state index contributed by atoms with van der Waals surface area (Å²) in [6.07, 6.45) is 0.888. The minimum Gasteiger partial charge on any atom is -0.497 e. The van der Waals surface area contributed by atoms with E-state index in [2.05, 4.69) is 5.32 Å². The van der Waals surface area contributed by atoms with Crippen LogP contribution in [0.4, 0.5) is 5.69 Å². The molecule has 1 atom stereocenters. The average molecular weight is 380 g/mol. The molecule has 6 nitrogen and oxygen atoms in total. The third-order valence-corrected chi connectivity index (χ3v) is 4.93. The molecule has 0 aromatic heterocycles. The van der Waals surface area contributed by atoms with Gasteiger partial charge in [0.25, 0.3) is 0 Å². The summed E-state index contributed by atoms with van der Waals surface area (Å²) >= 11 is 0. The normalized spacial score (nSPS) is 16.1. The van der Waals surface area contributed by atoms with Crippen LogP contribution in [-0.4, -0.2) is 37.8 Å². The van der Waals surface area contributed by atoms with Crippen molar-refractivity contribution >= 4 is 23.3 Å². The van der Waals surface area contributed by atoms with E-state index >= 15 is 0 Å². The topological polar surface area (TPSA) is 75.7 Å². The molecule has 146 valence electrons. The standard InChI is InChI=1S/C22H24N2O4/c1-15(25)17-4-3-5-19(12-17)24-14-18(13-21(24)26)22(27)23-11-10-16-6-8-20(28-2)9-7-16/h3-9,12,18H,10-11,13-14H2,1-2H3,(H,23,27). The highest BCUT2D eigenvalue weighted by Gasteiger charge is 2.35. The summed E-state index contributed by atoms with van der Waals surface area (Å²) in [6, 6.07) is 14.7. The molecule has 3 rings (SSSR count). The van der Waals surface area contributed by atoms with E-state index in [4.69, 9.17) is 4.74 Å². The van der Waals surface area contributed by atoms with E-state index in [0.29, 0.717) is 30.8 Å². The van der Waals surface area contributed by atoms with Gasteiger partial charge in [0, 0.05) is 30.8 Å². The van der Waals surface area contributed by atoms with Crippen molar-refractivity contribution < 1.29 is 19.1 Å². The summed E-state index contributed by atoms with van der Waals surface area (Å²) < 4.78 is 5.13. The molecule has 1 heterocycles. The van der Waals surface area contributed by atoms with E-state index in [1.807, 2.05) is 24.3 Å². The Morgan fingerprint density at radius 2 is 1.93 bits per heavy atom. The van der Waals surface area contributed by atoms with Gasteiger partial charge < -0.3 is 15.0 Å². The maximum atomic E-state index is 12.5. The highest BCUT2D eigenvalue weighted by Crippen LogP contribution is 2.26. The van der Waals surface area contributed by atoms with Crippen molar-refractivity contribution in [2.45, 2.75) is 19.8 Å². The van der Waals surface area contributed by atoms with E-state index in [0.717, 1.165) is 11.3 Å². The van der Waals surface area contributed by atoms with Crippen LogP contribution >= 0.6 is 0 Å². The number of nitrogens with one attached hydrogen (secondary N) is 1. The molecule has 2 aromatic carbocycles. The van der Waals surface area contributed by atoms with Crippen LogP contribution < -0.4 is 15.0 Å². The molecule has 2 amide bonds. The fourth-order valence-corrected chi connectivity index (χ4v) is 3.29. The molecule has 1 fully saturated rings. The largest absolute Gasteiger partial charge is 0.497 e. The number of carbonyl (C=O) groups is 3. The summed E-state index contributed by atoms with van der Waals surface area (Å²) in [5.74, 6) is 0.139. The summed E-state index contributed by atoms with van der Waals surface area (Å²) in [4.78, 5) is 38.0. The number of hydrogen-bond acceptors (Lipinski definition) is 4. The summed E-state index contributed by atoms with van der Waals surface area (Å²) in [6.45, 7) is 2.33. The number of rotatable bonds is 7. The third-order valence-electron chi connectivity index (χ3n) is 4.93. The second kappa shape index (κ2) is 8.69.